The SMILES string of the molecule is C/C=C/C=C/C=C\C[C@H](C)CC/C=C(\C)C(=O)OCC. The number of rotatable bonds is 9. The Bertz CT molecular complexity index is 373. The fraction of sp³-hybridized carbons (Fsp3) is 0.500. The van der Waals surface area contributed by atoms with Crippen LogP contribution in [0, 0.1) is 5.92 Å². The summed E-state index contributed by atoms with van der Waals surface area (Å²) < 4.78 is 4.94. The summed E-state index contributed by atoms with van der Waals surface area (Å²) in [6.45, 7) is 8.31. The Hall–Kier alpha value is -1.57. The first-order chi connectivity index (χ1) is 9.61. The average Bonchev–Trinajstić information content (AvgIpc) is 2.42. The van der Waals surface area contributed by atoms with Crippen LogP contribution in [0.4, 0.5) is 0 Å². The Morgan fingerprint density at radius 2 is 1.90 bits per heavy atom. The third-order valence-corrected chi connectivity index (χ3v) is 2.91. The zero-order chi connectivity index (χ0) is 15.2. The molecule has 0 aromatic carbocycles. The van der Waals surface area contributed by atoms with Gasteiger partial charge in [0.1, 0.15) is 0 Å². The minimum absolute atomic E-state index is 0.200. The fourth-order valence-corrected chi connectivity index (χ4v) is 1.66. The molecule has 0 bridgehead atoms. The maximum absolute atomic E-state index is 11.4. The summed E-state index contributed by atoms with van der Waals surface area (Å²) in [5.74, 6) is 0.418. The molecule has 0 fully saturated rings. The van der Waals surface area contributed by atoms with Crippen LogP contribution in [0.15, 0.2) is 48.1 Å². The molecule has 0 amide bonds. The maximum atomic E-state index is 11.4. The smallest absolute Gasteiger partial charge is 0.333 e. The van der Waals surface area contributed by atoms with Crippen molar-refractivity contribution in [3.63, 3.8) is 0 Å². The summed E-state index contributed by atoms with van der Waals surface area (Å²) in [5, 5.41) is 0. The molecule has 0 aromatic heterocycles. The molecule has 2 heteroatoms. The Labute approximate surface area is 123 Å². The third-order valence-electron chi connectivity index (χ3n) is 2.91. The van der Waals surface area contributed by atoms with E-state index in [-0.39, 0.29) is 5.97 Å². The molecule has 0 heterocycles. The second kappa shape index (κ2) is 12.5. The van der Waals surface area contributed by atoms with E-state index in [9.17, 15) is 4.79 Å². The van der Waals surface area contributed by atoms with Crippen molar-refractivity contribution in [2.24, 2.45) is 5.92 Å². The van der Waals surface area contributed by atoms with Crippen LogP contribution in [0.2, 0.25) is 0 Å². The molecule has 0 aromatic rings. The minimum atomic E-state index is -0.200. The van der Waals surface area contributed by atoms with Crippen molar-refractivity contribution in [1.82, 2.24) is 0 Å². The van der Waals surface area contributed by atoms with E-state index in [4.69, 9.17) is 4.74 Å². The molecule has 1 atom stereocenters. The highest BCUT2D eigenvalue weighted by molar-refractivity contribution is 5.87. The lowest BCUT2D eigenvalue weighted by molar-refractivity contribution is -0.138. The van der Waals surface area contributed by atoms with Crippen molar-refractivity contribution in [1.29, 1.82) is 0 Å². The molecule has 0 aliphatic rings. The Balaban J connectivity index is 3.90. The number of allylic oxidation sites excluding steroid dienone is 7. The van der Waals surface area contributed by atoms with Crippen molar-refractivity contribution < 1.29 is 9.53 Å². The predicted octanol–water partition coefficient (Wildman–Crippen LogP) is 4.99. The highest BCUT2D eigenvalue weighted by Gasteiger charge is 2.04. The van der Waals surface area contributed by atoms with Gasteiger partial charge in [-0.15, -0.1) is 0 Å². The van der Waals surface area contributed by atoms with Gasteiger partial charge in [0.05, 0.1) is 6.61 Å². The molecule has 0 saturated heterocycles. The lowest BCUT2D eigenvalue weighted by Crippen LogP contribution is -2.05. The van der Waals surface area contributed by atoms with Gasteiger partial charge in [0.15, 0.2) is 0 Å². The summed E-state index contributed by atoms with van der Waals surface area (Å²) in [6, 6.07) is 0. The number of hydrogen-bond donors (Lipinski definition) is 0. The molecule has 0 unspecified atom stereocenters. The molecule has 0 rings (SSSR count). The van der Waals surface area contributed by atoms with E-state index in [2.05, 4.69) is 19.1 Å². The van der Waals surface area contributed by atoms with Crippen LogP contribution in [0.3, 0.4) is 0 Å². The molecular formula is C18H28O2. The van der Waals surface area contributed by atoms with Gasteiger partial charge in [-0.3, -0.25) is 0 Å². The summed E-state index contributed by atoms with van der Waals surface area (Å²) in [5.41, 5.74) is 0.712. The van der Waals surface area contributed by atoms with Crippen molar-refractivity contribution in [2.75, 3.05) is 6.61 Å². The first kappa shape index (κ1) is 18.4. The molecule has 112 valence electrons. The van der Waals surface area contributed by atoms with Gasteiger partial charge in [-0.1, -0.05) is 49.5 Å². The number of carbonyl (C=O) groups is 1. The van der Waals surface area contributed by atoms with Gasteiger partial charge in [-0.25, -0.2) is 4.79 Å². The van der Waals surface area contributed by atoms with E-state index in [1.165, 1.54) is 0 Å². The van der Waals surface area contributed by atoms with E-state index >= 15 is 0 Å². The summed E-state index contributed by atoms with van der Waals surface area (Å²) in [4.78, 5) is 11.4. The summed E-state index contributed by atoms with van der Waals surface area (Å²) in [7, 11) is 0. The minimum Gasteiger partial charge on any atom is -0.463 e. The van der Waals surface area contributed by atoms with Crippen LogP contribution in [0.5, 0.6) is 0 Å². The highest BCUT2D eigenvalue weighted by Crippen LogP contribution is 2.12. The topological polar surface area (TPSA) is 26.3 Å². The number of ether oxygens (including phenoxy) is 1. The van der Waals surface area contributed by atoms with Gasteiger partial charge in [-0.2, -0.15) is 0 Å². The van der Waals surface area contributed by atoms with Gasteiger partial charge >= 0.3 is 5.97 Å². The van der Waals surface area contributed by atoms with Crippen molar-refractivity contribution >= 4 is 5.97 Å². The second-order valence-corrected chi connectivity index (χ2v) is 4.86. The van der Waals surface area contributed by atoms with Crippen LogP contribution >= 0.6 is 0 Å². The zero-order valence-electron chi connectivity index (χ0n) is 13.3. The van der Waals surface area contributed by atoms with Gasteiger partial charge < -0.3 is 4.74 Å². The molecule has 0 saturated carbocycles. The van der Waals surface area contributed by atoms with E-state index in [0.717, 1.165) is 19.3 Å². The Kier molecular flexibility index (Phi) is 11.5. The Morgan fingerprint density at radius 1 is 1.20 bits per heavy atom. The standard InChI is InChI=1S/C18H28O2/c1-5-7-8-9-10-11-13-16(3)14-12-15-17(4)18(19)20-6-2/h5,7-11,15-16H,6,12-14H2,1-4H3/b7-5+,9-8+,11-10-,17-15+/t16-/m0/s1. The first-order valence-corrected chi connectivity index (χ1v) is 7.40. The molecule has 0 N–H and O–H groups in total. The van der Waals surface area contributed by atoms with Gasteiger partial charge in [-0.05, 0) is 46.0 Å². The lowest BCUT2D eigenvalue weighted by atomic mass is 10.0. The van der Waals surface area contributed by atoms with Crippen molar-refractivity contribution in [3.8, 4) is 0 Å². The fourth-order valence-electron chi connectivity index (χ4n) is 1.66. The summed E-state index contributed by atoms with van der Waals surface area (Å²) >= 11 is 0. The molecule has 20 heavy (non-hydrogen) atoms. The lowest BCUT2D eigenvalue weighted by Gasteiger charge is -2.06. The molecule has 0 radical (unpaired) electrons. The maximum Gasteiger partial charge on any atom is 0.333 e. The predicted molar refractivity (Wildman–Crippen MR) is 86.5 cm³/mol. The van der Waals surface area contributed by atoms with Crippen molar-refractivity contribution in [3.05, 3.63) is 48.1 Å². The molecule has 0 aliphatic heterocycles. The van der Waals surface area contributed by atoms with Crippen LogP contribution in [0.25, 0.3) is 0 Å². The molecular weight excluding hydrogens is 248 g/mol. The Morgan fingerprint density at radius 3 is 2.55 bits per heavy atom. The molecule has 0 aliphatic carbocycles. The molecule has 0 spiro atoms. The van der Waals surface area contributed by atoms with E-state index < -0.39 is 0 Å². The highest BCUT2D eigenvalue weighted by atomic mass is 16.5. The number of hydrogen-bond acceptors (Lipinski definition) is 2. The quantitative estimate of drug-likeness (QED) is 0.337. The number of carbonyl (C=O) groups excluding carboxylic acids is 1. The first-order valence-electron chi connectivity index (χ1n) is 7.40. The van der Waals surface area contributed by atoms with E-state index in [1.807, 2.05) is 51.2 Å². The van der Waals surface area contributed by atoms with Crippen LogP contribution in [-0.4, -0.2) is 12.6 Å². The van der Waals surface area contributed by atoms with E-state index in [0.29, 0.717) is 18.1 Å². The van der Waals surface area contributed by atoms with Crippen molar-refractivity contribution in [2.45, 2.75) is 47.0 Å². The largest absolute Gasteiger partial charge is 0.463 e. The normalized spacial score (nSPS) is 14.5. The summed E-state index contributed by atoms with van der Waals surface area (Å²) in [6.07, 6.45) is 17.4. The monoisotopic (exact) mass is 276 g/mol. The van der Waals surface area contributed by atoms with Gasteiger partial charge in [0.2, 0.25) is 0 Å². The second-order valence-electron chi connectivity index (χ2n) is 4.86. The van der Waals surface area contributed by atoms with Gasteiger partial charge in [0, 0.05) is 5.57 Å². The number of esters is 1. The average molecular weight is 276 g/mol. The molecule has 2 nitrogen and oxygen atoms in total. The van der Waals surface area contributed by atoms with Crippen LogP contribution < -0.4 is 0 Å². The van der Waals surface area contributed by atoms with Crippen LogP contribution in [-0.2, 0) is 9.53 Å². The zero-order valence-corrected chi connectivity index (χ0v) is 13.3. The van der Waals surface area contributed by atoms with Crippen LogP contribution in [0.1, 0.15) is 47.0 Å². The van der Waals surface area contributed by atoms with Gasteiger partial charge in [0.25, 0.3) is 0 Å². The third kappa shape index (κ3) is 10.4. The van der Waals surface area contributed by atoms with E-state index in [1.54, 1.807) is 0 Å².